The summed E-state index contributed by atoms with van der Waals surface area (Å²) in [5.74, 6) is 0.999. The van der Waals surface area contributed by atoms with Crippen LogP contribution < -0.4 is 10.2 Å². The molecule has 0 radical (unpaired) electrons. The Balaban J connectivity index is 1.37. The summed E-state index contributed by atoms with van der Waals surface area (Å²) in [6.07, 6.45) is 3.52. The highest BCUT2D eigenvalue weighted by Gasteiger charge is 2.33. The number of nitriles is 1. The van der Waals surface area contributed by atoms with Gasteiger partial charge in [0.15, 0.2) is 0 Å². The highest BCUT2D eigenvalue weighted by atomic mass is 32.2. The van der Waals surface area contributed by atoms with Gasteiger partial charge < -0.3 is 15.0 Å². The molecule has 2 aliphatic rings. The Morgan fingerprint density at radius 3 is 2.62 bits per heavy atom. The van der Waals surface area contributed by atoms with Gasteiger partial charge in [-0.3, -0.25) is 9.69 Å². The number of amides is 1. The maximum Gasteiger partial charge on any atom is 0.234 e. The summed E-state index contributed by atoms with van der Waals surface area (Å²) in [6.45, 7) is 8.84. The number of benzene rings is 1. The minimum Gasteiger partial charge on any atom is -0.370 e. The lowest BCUT2D eigenvalue weighted by atomic mass is 9.89. The van der Waals surface area contributed by atoms with Crippen molar-refractivity contribution in [3.63, 3.8) is 0 Å². The monoisotopic (exact) mass is 479 g/mol. The van der Waals surface area contributed by atoms with E-state index in [0.29, 0.717) is 31.7 Å². The second-order valence-electron chi connectivity index (χ2n) is 9.46. The number of carbonyl (C=O) groups is 1. The van der Waals surface area contributed by atoms with Gasteiger partial charge in [-0.15, -0.1) is 11.8 Å². The second-order valence-corrected chi connectivity index (χ2v) is 10.3. The zero-order valence-electron chi connectivity index (χ0n) is 20.3. The van der Waals surface area contributed by atoms with E-state index in [2.05, 4.69) is 47.2 Å². The number of nitrogens with one attached hydrogen (secondary N) is 1. The molecule has 1 N–H and O–H groups in total. The average Bonchev–Trinajstić information content (AvgIpc) is 2.83. The normalized spacial score (nSPS) is 17.6. The van der Waals surface area contributed by atoms with Crippen LogP contribution in [0.3, 0.4) is 0 Å². The van der Waals surface area contributed by atoms with E-state index >= 15 is 0 Å². The third-order valence-electron chi connectivity index (χ3n) is 6.49. The smallest absolute Gasteiger partial charge is 0.234 e. The molecular formula is C26H33N5O2S. The standard InChI is InChI=1S/C26H33N5O2S/c1-26(2)15-20-21(16-27)25(34-3)29-24(22(20)18-33-26)31-13-11-30(12-14-31)17-23(32)28-10-9-19-7-5-4-6-8-19/h4-8H,9-15,17-18H2,1-3H3,(H,28,32). The van der Waals surface area contributed by atoms with Crippen LogP contribution in [0, 0.1) is 11.3 Å². The first-order valence-electron chi connectivity index (χ1n) is 11.8. The van der Waals surface area contributed by atoms with Crippen molar-refractivity contribution < 1.29 is 9.53 Å². The van der Waals surface area contributed by atoms with Gasteiger partial charge in [0.25, 0.3) is 0 Å². The number of thioether (sulfide) groups is 1. The number of piperazine rings is 1. The van der Waals surface area contributed by atoms with Crippen LogP contribution >= 0.6 is 11.8 Å². The van der Waals surface area contributed by atoms with Crippen molar-refractivity contribution in [3.8, 4) is 6.07 Å². The Hall–Kier alpha value is -2.60. The molecule has 7 nitrogen and oxygen atoms in total. The minimum absolute atomic E-state index is 0.0681. The third kappa shape index (κ3) is 5.72. The number of hydrogen-bond donors (Lipinski definition) is 1. The number of anilines is 1. The first-order chi connectivity index (χ1) is 16.4. The van der Waals surface area contributed by atoms with Gasteiger partial charge in [-0.2, -0.15) is 5.26 Å². The SMILES string of the molecule is CSc1nc(N2CCN(CC(=O)NCCc3ccccc3)CC2)c2c(c1C#N)CC(C)(C)OC2. The number of pyridine rings is 1. The van der Waals surface area contributed by atoms with Crippen LogP contribution in [0.1, 0.15) is 36.1 Å². The highest BCUT2D eigenvalue weighted by Crippen LogP contribution is 2.38. The van der Waals surface area contributed by atoms with Gasteiger partial charge in [0.05, 0.1) is 24.3 Å². The predicted octanol–water partition coefficient (Wildman–Crippen LogP) is 3.01. The number of rotatable bonds is 7. The molecule has 1 fully saturated rings. The van der Waals surface area contributed by atoms with Crippen LogP contribution in [0.15, 0.2) is 35.4 Å². The summed E-state index contributed by atoms with van der Waals surface area (Å²) in [5, 5.41) is 13.6. The van der Waals surface area contributed by atoms with Crippen molar-refractivity contribution >= 4 is 23.5 Å². The Labute approximate surface area is 206 Å². The van der Waals surface area contributed by atoms with Crippen LogP contribution in [-0.4, -0.2) is 66.9 Å². The molecule has 1 aromatic heterocycles. The van der Waals surface area contributed by atoms with Gasteiger partial charge in [0, 0.05) is 44.7 Å². The number of carbonyl (C=O) groups excluding carboxylic acids is 1. The molecule has 3 heterocycles. The van der Waals surface area contributed by atoms with Crippen molar-refractivity contribution in [1.29, 1.82) is 5.26 Å². The lowest BCUT2D eigenvalue weighted by Gasteiger charge is -2.39. The summed E-state index contributed by atoms with van der Waals surface area (Å²) in [6, 6.07) is 12.6. The summed E-state index contributed by atoms with van der Waals surface area (Å²) >= 11 is 1.52. The number of fused-ring (bicyclic) bond motifs is 1. The fourth-order valence-corrected chi connectivity index (χ4v) is 5.17. The Morgan fingerprint density at radius 2 is 1.94 bits per heavy atom. The maximum absolute atomic E-state index is 12.4. The maximum atomic E-state index is 12.4. The first-order valence-corrected chi connectivity index (χ1v) is 13.0. The molecule has 8 heteroatoms. The summed E-state index contributed by atoms with van der Waals surface area (Å²) in [5.41, 5.74) is 3.74. The minimum atomic E-state index is -0.292. The van der Waals surface area contributed by atoms with E-state index in [9.17, 15) is 10.1 Å². The van der Waals surface area contributed by atoms with E-state index in [4.69, 9.17) is 9.72 Å². The lowest BCUT2D eigenvalue weighted by molar-refractivity contribution is -0.122. The molecule has 1 saturated heterocycles. The van der Waals surface area contributed by atoms with Crippen molar-refractivity contribution in [2.45, 2.75) is 43.9 Å². The van der Waals surface area contributed by atoms with Crippen molar-refractivity contribution in [3.05, 3.63) is 52.6 Å². The lowest BCUT2D eigenvalue weighted by Crippen LogP contribution is -2.50. The van der Waals surface area contributed by atoms with E-state index in [0.717, 1.165) is 54.6 Å². The van der Waals surface area contributed by atoms with Crippen LogP contribution in [0.4, 0.5) is 5.82 Å². The van der Waals surface area contributed by atoms with Crippen LogP contribution in [-0.2, 0) is 29.0 Å². The first kappa shape index (κ1) is 24.5. The van der Waals surface area contributed by atoms with Gasteiger partial charge in [0.2, 0.25) is 5.91 Å². The van der Waals surface area contributed by atoms with Crippen LogP contribution in [0.2, 0.25) is 0 Å². The number of ether oxygens (including phenoxy) is 1. The number of aromatic nitrogens is 1. The van der Waals surface area contributed by atoms with Crippen molar-refractivity contribution in [1.82, 2.24) is 15.2 Å². The van der Waals surface area contributed by atoms with E-state index in [1.54, 1.807) is 0 Å². The molecule has 0 atom stereocenters. The van der Waals surface area contributed by atoms with Crippen LogP contribution in [0.25, 0.3) is 0 Å². The Bertz CT molecular complexity index is 1060. The molecule has 34 heavy (non-hydrogen) atoms. The molecule has 180 valence electrons. The van der Waals surface area contributed by atoms with Gasteiger partial charge in [0.1, 0.15) is 16.9 Å². The fraction of sp³-hybridized carbons (Fsp3) is 0.500. The van der Waals surface area contributed by atoms with E-state index in [-0.39, 0.29) is 11.5 Å². The molecule has 2 aliphatic heterocycles. The average molecular weight is 480 g/mol. The topological polar surface area (TPSA) is 81.5 Å². The number of hydrogen-bond acceptors (Lipinski definition) is 7. The molecule has 0 saturated carbocycles. The molecule has 4 rings (SSSR count). The molecule has 2 aromatic rings. The van der Waals surface area contributed by atoms with Crippen LogP contribution in [0.5, 0.6) is 0 Å². The van der Waals surface area contributed by atoms with E-state index in [1.807, 2.05) is 24.5 Å². The molecule has 0 unspecified atom stereocenters. The van der Waals surface area contributed by atoms with Crippen molar-refractivity contribution in [2.75, 3.05) is 50.4 Å². The second kappa shape index (κ2) is 10.8. The fourth-order valence-electron chi connectivity index (χ4n) is 4.62. The molecule has 1 amide bonds. The zero-order chi connectivity index (χ0) is 24.1. The highest BCUT2D eigenvalue weighted by molar-refractivity contribution is 7.98. The molecular weight excluding hydrogens is 446 g/mol. The molecule has 1 aromatic carbocycles. The third-order valence-corrected chi connectivity index (χ3v) is 7.17. The van der Waals surface area contributed by atoms with Gasteiger partial charge >= 0.3 is 0 Å². The van der Waals surface area contributed by atoms with Gasteiger partial charge in [-0.1, -0.05) is 30.3 Å². The van der Waals surface area contributed by atoms with Gasteiger partial charge in [-0.05, 0) is 37.7 Å². The molecule has 0 aliphatic carbocycles. The summed E-state index contributed by atoms with van der Waals surface area (Å²) < 4.78 is 6.09. The van der Waals surface area contributed by atoms with E-state index in [1.165, 1.54) is 17.3 Å². The largest absolute Gasteiger partial charge is 0.370 e. The quantitative estimate of drug-likeness (QED) is 0.612. The van der Waals surface area contributed by atoms with Gasteiger partial charge in [-0.25, -0.2) is 4.98 Å². The zero-order valence-corrected chi connectivity index (χ0v) is 21.1. The molecule has 0 spiro atoms. The number of nitrogens with zero attached hydrogens (tertiary/aromatic N) is 4. The molecule has 0 bridgehead atoms. The summed E-state index contributed by atoms with van der Waals surface area (Å²) in [7, 11) is 0. The van der Waals surface area contributed by atoms with Crippen molar-refractivity contribution in [2.24, 2.45) is 0 Å². The Kier molecular flexibility index (Phi) is 7.77. The summed E-state index contributed by atoms with van der Waals surface area (Å²) in [4.78, 5) is 21.8. The predicted molar refractivity (Wildman–Crippen MR) is 135 cm³/mol. The Morgan fingerprint density at radius 1 is 1.21 bits per heavy atom. The van der Waals surface area contributed by atoms with E-state index < -0.39 is 0 Å².